The highest BCUT2D eigenvalue weighted by Crippen LogP contribution is 2.30. The molecule has 132 heavy (non-hydrogen) atoms. The van der Waals surface area contributed by atoms with E-state index in [9.17, 15) is 63.3 Å². The number of phenolic OH excluding ortho intramolecular Hbond substituents is 1. The van der Waals surface area contributed by atoms with Crippen LogP contribution in [0.3, 0.4) is 0 Å². The second kappa shape index (κ2) is 50.6. The second-order valence-electron chi connectivity index (χ2n) is 34.3. The molecule has 3 aliphatic rings. The molecule has 42 heteroatoms. The number of rotatable bonds is 26. The minimum atomic E-state index is -1.87. The number of carbonyl (C=O) groups excluding carboxylic acids is 16. The van der Waals surface area contributed by atoms with Crippen molar-refractivity contribution in [2.75, 3.05) is 72.0 Å². The van der Waals surface area contributed by atoms with Crippen molar-refractivity contribution < 1.29 is 96.8 Å². The first-order valence-corrected chi connectivity index (χ1v) is 46.0. The van der Waals surface area contributed by atoms with Crippen molar-refractivity contribution in [2.45, 2.75) is 235 Å². The van der Waals surface area contributed by atoms with Crippen LogP contribution in [0.15, 0.2) is 85.2 Å². The Bertz CT molecular complexity index is 4930. The Morgan fingerprint density at radius 3 is 1.67 bits per heavy atom. The van der Waals surface area contributed by atoms with E-state index in [4.69, 9.17) is 22.6 Å². The molecule has 41 nitrogen and oxygen atoms in total. The average Bonchev–Trinajstić information content (AvgIpc) is 1.58. The Morgan fingerprint density at radius 1 is 0.553 bits per heavy atom. The summed E-state index contributed by atoms with van der Waals surface area (Å²) in [6.45, 7) is 6.47. The Balaban J connectivity index is 1.19. The second-order valence-corrected chi connectivity index (χ2v) is 35.3. The van der Waals surface area contributed by atoms with E-state index in [1.807, 2.05) is 13.8 Å². The lowest BCUT2D eigenvalue weighted by Crippen LogP contribution is -2.61. The maximum Gasteiger partial charge on any atom is 0.305 e. The van der Waals surface area contributed by atoms with Crippen LogP contribution in [0, 0.1) is 17.2 Å². The number of ketones is 1. The molecule has 3 aromatic carbocycles. The number of phenols is 1. The molecule has 0 radical (unpaired) electrons. The maximum absolute atomic E-state index is 15.7. The van der Waals surface area contributed by atoms with E-state index in [1.165, 1.54) is 57.2 Å². The number of primary amides is 1. The molecule has 0 bridgehead atoms. The summed E-state index contributed by atoms with van der Waals surface area (Å²) in [5, 5.41) is 67.2. The van der Waals surface area contributed by atoms with E-state index < -0.39 is 228 Å². The summed E-state index contributed by atoms with van der Waals surface area (Å²) in [5.41, 5.74) is 20.0. The topological polar surface area (TPSA) is 621 Å². The number of carboxylic acids is 1. The van der Waals surface area contributed by atoms with Gasteiger partial charge < -0.3 is 120 Å². The van der Waals surface area contributed by atoms with E-state index in [0.29, 0.717) is 70.6 Å². The van der Waals surface area contributed by atoms with E-state index in [1.54, 1.807) is 74.8 Å². The molecule has 8 rings (SSSR count). The van der Waals surface area contributed by atoms with Gasteiger partial charge in [0.1, 0.15) is 78.3 Å². The van der Waals surface area contributed by atoms with Crippen molar-refractivity contribution in [1.82, 2.24) is 87.6 Å². The number of aliphatic hydroxyl groups excluding tert-OH is 1. The molecular formula is C90H129N21O20S. The van der Waals surface area contributed by atoms with Gasteiger partial charge >= 0.3 is 5.97 Å². The lowest BCUT2D eigenvalue weighted by molar-refractivity contribution is -0.149. The number of thioether (sulfide) groups is 1. The molecule has 0 unspecified atom stereocenters. The molecule has 2 aromatic heterocycles. The monoisotopic (exact) mass is 1860 g/mol. The third kappa shape index (κ3) is 29.4. The summed E-state index contributed by atoms with van der Waals surface area (Å²) < 4.78 is 0. The number of nitrogens with two attached hydrogens (primary N) is 3. The Labute approximate surface area is 769 Å². The fourth-order valence-corrected chi connectivity index (χ4v) is 17.5. The van der Waals surface area contributed by atoms with Crippen molar-refractivity contribution in [3.05, 3.63) is 102 Å². The molecule has 15 amide bonds. The standard InChI is InChI=1S/C90H129N21O20S/c1-9-11-25-70-83(125)100-61(24-17-35-95-90(93)94)80(122)106-68(79(121)98-46-74(92)115)48-132-49-75(116)99-64(39-52-29-31-56(113)32-30-52)85(127)107(6)51(5)77(119)102-66(43-76(117)118)88(130)111-37-19-28-71(111)84(126)101-62(33-34-91)81(123)103-63(38-50(3)4)87(129)110-36-18-27-69(110)73(114)42-53(40-54-44-96-59-22-15-13-20-57(54)59)78(120)105-67(47-112)82(124)104-65(41-55-45-97-60-23-16-14-21-58(55)60)86(128)109(8)72(26-12-10-2)89(131)108(70)7/h13-16,20-23,29-32,44-45,50-51,53,61-72,96-97,112-113H,9-12,17-19,24-28,33-43,46-49,91H2,1-8H3,(H2,92,115)(H,98,121)(H,99,116)(H,100,125)(H,101,126)(H,102,119)(H,103,123)(H,104,124)(H,105,120)(H,106,122)(H,117,118)(H4,93,94,95)/t51-,53+,61-,62-,63-,64-,65-,66-,67-,68-,69-,70-,71-,72-/m0/s1. The Kier molecular flexibility index (Phi) is 40.1. The molecule has 0 aliphatic carbocycles. The summed E-state index contributed by atoms with van der Waals surface area (Å²) in [6, 6.07) is 0.345. The van der Waals surface area contributed by atoms with Crippen LogP contribution in [0.5, 0.6) is 5.75 Å². The largest absolute Gasteiger partial charge is 0.508 e. The number of nitrogens with zero attached hydrogens (tertiary/aromatic N) is 5. The summed E-state index contributed by atoms with van der Waals surface area (Å²) in [7, 11) is 3.92. The first-order valence-electron chi connectivity index (χ1n) is 44.9. The number of carboxylic acid groups (broad SMARTS) is 1. The number of likely N-dealkylation sites (N-methyl/N-ethyl adjacent to an activating group) is 3. The quantitative estimate of drug-likeness (QED) is 0.0183. The molecule has 22 N–H and O–H groups in total. The van der Waals surface area contributed by atoms with Crippen LogP contribution in [0.2, 0.25) is 0 Å². The van der Waals surface area contributed by atoms with Crippen LogP contribution in [0.4, 0.5) is 0 Å². The molecular weight excluding hydrogens is 1730 g/mol. The van der Waals surface area contributed by atoms with Gasteiger partial charge in [-0.3, -0.25) is 86.9 Å². The molecule has 5 aromatic rings. The number of hydrogen-bond acceptors (Lipinski definition) is 22. The van der Waals surface area contributed by atoms with Gasteiger partial charge in [-0.15, -0.1) is 11.8 Å². The minimum Gasteiger partial charge on any atom is -0.508 e. The number of aromatic amines is 2. The Morgan fingerprint density at radius 2 is 1.08 bits per heavy atom. The smallest absolute Gasteiger partial charge is 0.305 e. The van der Waals surface area contributed by atoms with Crippen LogP contribution >= 0.6 is 11.8 Å². The van der Waals surface area contributed by atoms with Crippen molar-refractivity contribution in [1.29, 1.82) is 5.41 Å². The van der Waals surface area contributed by atoms with Gasteiger partial charge in [0.05, 0.1) is 31.4 Å². The highest BCUT2D eigenvalue weighted by molar-refractivity contribution is 8.00. The van der Waals surface area contributed by atoms with E-state index >= 15 is 33.6 Å². The van der Waals surface area contributed by atoms with Crippen molar-refractivity contribution in [3.8, 4) is 5.75 Å². The highest BCUT2D eigenvalue weighted by Gasteiger charge is 2.46. The number of fused-ring (bicyclic) bond motifs is 4. The number of aliphatic hydroxyl groups is 1. The highest BCUT2D eigenvalue weighted by atomic mass is 32.2. The van der Waals surface area contributed by atoms with Gasteiger partial charge in [0.2, 0.25) is 88.6 Å². The predicted molar refractivity (Wildman–Crippen MR) is 489 cm³/mol. The first kappa shape index (κ1) is 105. The maximum atomic E-state index is 15.7. The lowest BCUT2D eigenvalue weighted by atomic mass is 9.90. The summed E-state index contributed by atoms with van der Waals surface area (Å²) in [4.78, 5) is 261. The minimum absolute atomic E-state index is 0.00701. The number of amides is 15. The van der Waals surface area contributed by atoms with Crippen molar-refractivity contribution in [3.63, 3.8) is 0 Å². The molecule has 14 atom stereocenters. The third-order valence-electron chi connectivity index (χ3n) is 24.0. The summed E-state index contributed by atoms with van der Waals surface area (Å²) >= 11 is 0.758. The summed E-state index contributed by atoms with van der Waals surface area (Å²) in [5.74, 6) is -18.9. The van der Waals surface area contributed by atoms with Crippen LogP contribution in [0.25, 0.3) is 21.8 Å². The number of nitrogens with one attached hydrogen (secondary N) is 13. The number of unbranched alkanes of at least 4 members (excludes halogenated alkanes) is 2. The number of aromatic nitrogens is 2. The van der Waals surface area contributed by atoms with Crippen LogP contribution < -0.4 is 70.4 Å². The molecule has 0 saturated carbocycles. The average molecular weight is 1860 g/mol. The van der Waals surface area contributed by atoms with Gasteiger partial charge in [-0.05, 0) is 131 Å². The molecule has 3 saturated heterocycles. The first-order chi connectivity index (χ1) is 62.9. The van der Waals surface area contributed by atoms with Crippen LogP contribution in [0.1, 0.15) is 154 Å². The van der Waals surface area contributed by atoms with E-state index in [2.05, 4.69) is 63.1 Å². The fraction of sp³-hybridized carbons (Fsp3) is 0.556. The SMILES string of the molecule is CCCC[C@H]1C(=O)N(C)[C@@H](CCCC)C(=O)N[C@@H](CCCNC(=N)N)C(=O)N[C@H](C(=O)NCC(N)=O)CSCC(=O)N[C@@H](Cc2ccc(O)cc2)C(=O)N(C)[C@@H](C)C(=O)N[C@@H](CC(=O)O)C(=O)N2CCC[C@H]2C(=O)N[C@@H](CCN)C(=O)N[C@@H](CC(C)C)C(=O)N2CCC[C@H]2C(=O)C[C@@H](Cc2c[nH]c3ccccc23)C(=O)N[C@@H](CO)C(=O)N[C@@H](Cc2c[nH]c3ccccc23)C(=O)N1C. The number of H-pyrrole nitrogens is 2. The fourth-order valence-electron chi connectivity index (χ4n) is 16.7. The number of benzene rings is 3. The molecule has 3 aliphatic heterocycles. The van der Waals surface area contributed by atoms with Gasteiger partial charge in [0.15, 0.2) is 11.7 Å². The molecule has 5 heterocycles. The molecule has 720 valence electrons. The zero-order valence-corrected chi connectivity index (χ0v) is 76.8. The summed E-state index contributed by atoms with van der Waals surface area (Å²) in [6.07, 6.45) is 3.03. The van der Waals surface area contributed by atoms with Crippen molar-refractivity contribution in [2.24, 2.45) is 29.0 Å². The van der Waals surface area contributed by atoms with Crippen molar-refractivity contribution >= 4 is 140 Å². The van der Waals surface area contributed by atoms with Gasteiger partial charge in [-0.25, -0.2) is 0 Å². The number of hydrogen-bond donors (Lipinski definition) is 19. The zero-order chi connectivity index (χ0) is 96.7. The van der Waals surface area contributed by atoms with Gasteiger partial charge in [0, 0.05) is 106 Å². The number of aromatic hydroxyl groups is 1. The van der Waals surface area contributed by atoms with Gasteiger partial charge in [-0.2, -0.15) is 0 Å². The number of Topliss-reactive ketones (excluding diaryl/α,β-unsaturated/α-hetero) is 1. The zero-order valence-electron chi connectivity index (χ0n) is 76.0. The number of aliphatic carboxylic acids is 1. The number of para-hydroxylation sites is 2. The normalized spacial score (nSPS) is 24.6. The van der Waals surface area contributed by atoms with Crippen LogP contribution in [-0.4, -0.2) is 307 Å². The molecule has 0 spiro atoms. The third-order valence-corrected chi connectivity index (χ3v) is 25.1. The van der Waals surface area contributed by atoms with E-state index in [-0.39, 0.29) is 115 Å². The van der Waals surface area contributed by atoms with Gasteiger partial charge in [0.25, 0.3) is 0 Å². The molecule has 3 fully saturated rings. The van der Waals surface area contributed by atoms with E-state index in [0.717, 1.165) is 31.4 Å². The predicted octanol–water partition coefficient (Wildman–Crippen LogP) is -0.827. The van der Waals surface area contributed by atoms with Gasteiger partial charge in [-0.1, -0.05) is 102 Å². The number of guanidine groups is 1. The number of carbonyl (C=O) groups is 17. The Hall–Kier alpha value is -12.7. The van der Waals surface area contributed by atoms with Crippen LogP contribution in [-0.2, 0) is 101 Å². The lowest BCUT2D eigenvalue weighted by Gasteiger charge is -2.36.